The van der Waals surface area contributed by atoms with E-state index in [-0.39, 0.29) is 35.5 Å². The summed E-state index contributed by atoms with van der Waals surface area (Å²) in [5.41, 5.74) is 2.10. The van der Waals surface area contributed by atoms with Gasteiger partial charge in [0.25, 0.3) is 5.89 Å². The fourth-order valence-electron chi connectivity index (χ4n) is 3.61. The molecule has 0 fully saturated rings. The van der Waals surface area contributed by atoms with Gasteiger partial charge in [0.15, 0.2) is 0 Å². The molecule has 3 rings (SSSR count). The van der Waals surface area contributed by atoms with Gasteiger partial charge in [-0.3, -0.25) is 4.79 Å². The molecule has 1 amide bonds. The molecule has 2 aromatic rings. The third-order valence-electron chi connectivity index (χ3n) is 5.25. The fraction of sp³-hybridized carbons (Fsp3) is 0.542. The maximum atomic E-state index is 13.0. The molecule has 1 atom stereocenters. The first-order valence-electron chi connectivity index (χ1n) is 10.6. The van der Waals surface area contributed by atoms with Crippen molar-refractivity contribution in [3.8, 4) is 0 Å². The van der Waals surface area contributed by atoms with Crippen LogP contribution in [0.25, 0.3) is 0 Å². The van der Waals surface area contributed by atoms with E-state index >= 15 is 0 Å². The molecule has 0 aliphatic carbocycles. The monoisotopic (exact) mass is 490 g/mol. The second-order valence-corrected chi connectivity index (χ2v) is 11.1. The fourth-order valence-corrected chi connectivity index (χ4v) is 4.02. The summed E-state index contributed by atoms with van der Waals surface area (Å²) in [6.07, 6.45) is 2.16. The van der Waals surface area contributed by atoms with E-state index in [1.165, 1.54) is 0 Å². The summed E-state index contributed by atoms with van der Waals surface area (Å²) < 4.78 is 12.0. The van der Waals surface area contributed by atoms with Crippen molar-refractivity contribution in [1.29, 1.82) is 0 Å². The molecule has 7 heteroatoms. The Morgan fingerprint density at radius 2 is 1.94 bits per heavy atom. The molecule has 2 heterocycles. The van der Waals surface area contributed by atoms with Crippen molar-refractivity contribution < 1.29 is 18.7 Å². The van der Waals surface area contributed by atoms with Crippen LogP contribution in [0.2, 0.25) is 0 Å². The first kappa shape index (κ1) is 23.5. The second-order valence-electron chi connectivity index (χ2n) is 10.1. The van der Waals surface area contributed by atoms with Crippen LogP contribution in [-0.4, -0.2) is 33.9 Å². The highest BCUT2D eigenvalue weighted by molar-refractivity contribution is 9.10. The van der Waals surface area contributed by atoms with Gasteiger partial charge in [-0.1, -0.05) is 42.8 Å². The normalized spacial score (nSPS) is 17.1. The summed E-state index contributed by atoms with van der Waals surface area (Å²) in [6.45, 7) is 12.6. The SMILES string of the molecule is CC(C)(C)OC(=O)N1CC[C@@H](CC(=O)c2nc(C(C)(C)C)co2)c2ccc(Br)cc2C1. The van der Waals surface area contributed by atoms with Crippen LogP contribution in [0.5, 0.6) is 0 Å². The van der Waals surface area contributed by atoms with Gasteiger partial charge >= 0.3 is 6.09 Å². The highest BCUT2D eigenvalue weighted by atomic mass is 79.9. The van der Waals surface area contributed by atoms with Crippen LogP contribution < -0.4 is 0 Å². The summed E-state index contributed by atoms with van der Waals surface area (Å²) in [6, 6.07) is 6.02. The molecule has 6 nitrogen and oxygen atoms in total. The van der Waals surface area contributed by atoms with Crippen molar-refractivity contribution in [2.45, 2.75) is 77.9 Å². The van der Waals surface area contributed by atoms with Crippen LogP contribution in [-0.2, 0) is 16.7 Å². The number of amides is 1. The number of carbonyl (C=O) groups excluding carboxylic acids is 2. The Morgan fingerprint density at radius 3 is 2.55 bits per heavy atom. The minimum absolute atomic E-state index is 0.0342. The minimum atomic E-state index is -0.561. The van der Waals surface area contributed by atoms with Gasteiger partial charge in [-0.05, 0) is 56.4 Å². The van der Waals surface area contributed by atoms with Gasteiger partial charge in [0.05, 0.1) is 5.69 Å². The predicted molar refractivity (Wildman–Crippen MR) is 122 cm³/mol. The van der Waals surface area contributed by atoms with Crippen LogP contribution in [0.1, 0.15) is 87.8 Å². The number of Topliss-reactive ketones (excluding diaryl/α,β-unsaturated/α-hetero) is 1. The molecule has 0 spiro atoms. The Bertz CT molecular complexity index is 969. The summed E-state index contributed by atoms with van der Waals surface area (Å²) in [5.74, 6) is -0.00931. The molecule has 0 radical (unpaired) electrons. The van der Waals surface area contributed by atoms with Crippen molar-refractivity contribution in [2.24, 2.45) is 0 Å². The molecule has 0 N–H and O–H groups in total. The van der Waals surface area contributed by atoms with E-state index in [2.05, 4.69) is 20.9 Å². The quantitative estimate of drug-likeness (QED) is 0.476. The number of ether oxygens (including phenoxy) is 1. The molecule has 1 aromatic carbocycles. The Balaban J connectivity index is 1.82. The number of carbonyl (C=O) groups is 2. The molecule has 1 aliphatic heterocycles. The molecule has 0 unspecified atom stereocenters. The number of hydrogen-bond acceptors (Lipinski definition) is 5. The molecule has 0 saturated heterocycles. The lowest BCUT2D eigenvalue weighted by Crippen LogP contribution is -2.36. The van der Waals surface area contributed by atoms with Crippen molar-refractivity contribution in [2.75, 3.05) is 6.54 Å². The lowest BCUT2D eigenvalue weighted by molar-refractivity contribution is 0.0234. The van der Waals surface area contributed by atoms with Crippen LogP contribution >= 0.6 is 15.9 Å². The minimum Gasteiger partial charge on any atom is -0.444 e. The first-order chi connectivity index (χ1) is 14.3. The van der Waals surface area contributed by atoms with Gasteiger partial charge in [0.2, 0.25) is 5.78 Å². The van der Waals surface area contributed by atoms with Gasteiger partial charge < -0.3 is 14.1 Å². The molecule has 1 aliphatic rings. The van der Waals surface area contributed by atoms with E-state index in [0.29, 0.717) is 19.5 Å². The Hall–Kier alpha value is -2.15. The van der Waals surface area contributed by atoms with E-state index in [1.54, 1.807) is 11.2 Å². The van der Waals surface area contributed by atoms with Gasteiger partial charge in [-0.25, -0.2) is 9.78 Å². The average molecular weight is 491 g/mol. The Labute approximate surface area is 192 Å². The van der Waals surface area contributed by atoms with Gasteiger partial charge in [0.1, 0.15) is 11.9 Å². The standard InChI is InChI=1S/C24H31BrN2O4/c1-23(2,3)20-14-30-21(26-20)19(28)12-15-9-10-27(22(29)31-24(4,5)6)13-16-11-17(25)7-8-18(15)16/h7-8,11,14-15H,9-10,12-13H2,1-6H3/t15-/m0/s1. The number of fused-ring (bicyclic) bond motifs is 1. The van der Waals surface area contributed by atoms with Crippen LogP contribution in [0.4, 0.5) is 4.79 Å². The Kier molecular flexibility index (Phi) is 6.65. The number of hydrogen-bond donors (Lipinski definition) is 0. The number of rotatable bonds is 3. The molecule has 168 valence electrons. The number of aromatic nitrogens is 1. The number of halogens is 1. The summed E-state index contributed by atoms with van der Waals surface area (Å²) in [5, 5.41) is 0. The summed E-state index contributed by atoms with van der Waals surface area (Å²) in [7, 11) is 0. The first-order valence-corrected chi connectivity index (χ1v) is 11.4. The summed E-state index contributed by atoms with van der Waals surface area (Å²) >= 11 is 3.52. The highest BCUT2D eigenvalue weighted by Crippen LogP contribution is 2.34. The summed E-state index contributed by atoms with van der Waals surface area (Å²) in [4.78, 5) is 31.8. The third-order valence-corrected chi connectivity index (χ3v) is 5.74. The number of benzene rings is 1. The van der Waals surface area contributed by atoms with Crippen LogP contribution in [0.3, 0.4) is 0 Å². The maximum absolute atomic E-state index is 13.0. The largest absolute Gasteiger partial charge is 0.444 e. The molecule has 31 heavy (non-hydrogen) atoms. The van der Waals surface area contributed by atoms with Crippen LogP contribution in [0, 0.1) is 0 Å². The zero-order valence-electron chi connectivity index (χ0n) is 19.1. The smallest absolute Gasteiger partial charge is 0.410 e. The zero-order valence-corrected chi connectivity index (χ0v) is 20.7. The molecule has 0 bridgehead atoms. The van der Waals surface area contributed by atoms with Gasteiger partial charge in [-0.2, -0.15) is 0 Å². The highest BCUT2D eigenvalue weighted by Gasteiger charge is 2.31. The maximum Gasteiger partial charge on any atom is 0.410 e. The van der Waals surface area contributed by atoms with Crippen molar-refractivity contribution >= 4 is 27.8 Å². The van der Waals surface area contributed by atoms with Gasteiger partial charge in [0, 0.05) is 29.4 Å². The number of oxazole rings is 1. The number of ketones is 1. The predicted octanol–water partition coefficient (Wildman–Crippen LogP) is 6.23. The molecule has 1 aromatic heterocycles. The third kappa shape index (κ3) is 5.97. The van der Waals surface area contributed by atoms with E-state index in [9.17, 15) is 9.59 Å². The van der Waals surface area contributed by atoms with E-state index in [1.807, 2.05) is 59.7 Å². The second kappa shape index (κ2) is 8.77. The van der Waals surface area contributed by atoms with E-state index in [0.717, 1.165) is 21.3 Å². The molecular weight excluding hydrogens is 460 g/mol. The lowest BCUT2D eigenvalue weighted by Gasteiger charge is -2.26. The molecule has 0 saturated carbocycles. The van der Waals surface area contributed by atoms with Crippen molar-refractivity contribution in [3.05, 3.63) is 51.6 Å². The van der Waals surface area contributed by atoms with Gasteiger partial charge in [-0.15, -0.1) is 0 Å². The van der Waals surface area contributed by atoms with Crippen molar-refractivity contribution in [3.63, 3.8) is 0 Å². The van der Waals surface area contributed by atoms with Crippen molar-refractivity contribution in [1.82, 2.24) is 9.88 Å². The Morgan fingerprint density at radius 1 is 1.23 bits per heavy atom. The van der Waals surface area contributed by atoms with E-state index < -0.39 is 5.60 Å². The van der Waals surface area contributed by atoms with Crippen LogP contribution in [0.15, 0.2) is 33.4 Å². The average Bonchev–Trinajstić information content (AvgIpc) is 3.07. The molecular formula is C24H31BrN2O4. The zero-order chi connectivity index (χ0) is 23.0. The number of nitrogens with zero attached hydrogens (tertiary/aromatic N) is 2. The van der Waals surface area contributed by atoms with E-state index in [4.69, 9.17) is 9.15 Å². The lowest BCUT2D eigenvalue weighted by atomic mass is 9.88. The topological polar surface area (TPSA) is 72.6 Å².